The van der Waals surface area contributed by atoms with Crippen molar-refractivity contribution in [1.29, 1.82) is 0 Å². The summed E-state index contributed by atoms with van der Waals surface area (Å²) in [6, 6.07) is 72.3. The average molecular weight is 699 g/mol. The molecule has 0 spiro atoms. The summed E-state index contributed by atoms with van der Waals surface area (Å²) < 4.78 is 0. The molecule has 0 saturated heterocycles. The first-order valence-corrected chi connectivity index (χ1v) is 19.4. The Morgan fingerprint density at radius 3 is 1.58 bits per heavy atom. The molecule has 0 nitrogen and oxygen atoms in total. The molecule has 0 heteroatoms. The Hall–Kier alpha value is -6.76. The van der Waals surface area contributed by atoms with E-state index in [2.05, 4.69) is 208 Å². The molecule has 1 aliphatic rings. The van der Waals surface area contributed by atoms with Crippen LogP contribution >= 0.6 is 0 Å². The molecule has 10 aromatic carbocycles. The maximum Gasteiger partial charge on any atom is 0.0159 e. The molecule has 0 saturated carbocycles. The lowest BCUT2D eigenvalue weighted by atomic mass is 9.79. The zero-order chi connectivity index (χ0) is 36.7. The fraction of sp³-hybridized carbons (Fsp3) is 0.0545. The zero-order valence-electron chi connectivity index (χ0n) is 31.0. The first kappa shape index (κ1) is 31.7. The predicted octanol–water partition coefficient (Wildman–Crippen LogP) is 15.3. The lowest BCUT2D eigenvalue weighted by molar-refractivity contribution is 0.660. The van der Waals surface area contributed by atoms with Gasteiger partial charge in [0, 0.05) is 5.41 Å². The van der Waals surface area contributed by atoms with Gasteiger partial charge < -0.3 is 0 Å². The summed E-state index contributed by atoms with van der Waals surface area (Å²) in [6.07, 6.45) is 0. The normalized spacial score (nSPS) is 13.1. The second kappa shape index (κ2) is 12.1. The van der Waals surface area contributed by atoms with Crippen LogP contribution in [0, 0.1) is 0 Å². The Kier molecular flexibility index (Phi) is 7.00. The molecular weight excluding hydrogens is 661 g/mol. The highest BCUT2D eigenvalue weighted by molar-refractivity contribution is 6.25. The summed E-state index contributed by atoms with van der Waals surface area (Å²) in [5, 5.41) is 10.1. The van der Waals surface area contributed by atoms with E-state index in [0.717, 1.165) is 0 Å². The highest BCUT2D eigenvalue weighted by atomic mass is 14.4. The fourth-order valence-electron chi connectivity index (χ4n) is 9.67. The summed E-state index contributed by atoms with van der Waals surface area (Å²) in [5.74, 6) is 0. The van der Waals surface area contributed by atoms with Gasteiger partial charge in [-0.3, -0.25) is 0 Å². The molecule has 11 rings (SSSR count). The van der Waals surface area contributed by atoms with Crippen molar-refractivity contribution < 1.29 is 0 Å². The molecule has 258 valence electrons. The molecule has 0 aromatic heterocycles. The minimum Gasteiger partial charge on any atom is -0.0622 e. The molecule has 0 aliphatic heterocycles. The van der Waals surface area contributed by atoms with E-state index in [1.54, 1.807) is 0 Å². The summed E-state index contributed by atoms with van der Waals surface area (Å²) in [5.41, 5.74) is 15.4. The van der Waals surface area contributed by atoms with Crippen LogP contribution in [0.15, 0.2) is 194 Å². The SMILES string of the molecule is CC1(C)c2ccccc2-c2c(-c3c4ccccc4c(-c4cc5ccccc5cc4-c4ccccc4)c4ccc(-c5cccc6ccccc56)cc34)cccc21. The number of rotatable bonds is 4. The van der Waals surface area contributed by atoms with E-state index in [9.17, 15) is 0 Å². The van der Waals surface area contributed by atoms with Crippen molar-refractivity contribution in [2.75, 3.05) is 0 Å². The van der Waals surface area contributed by atoms with Crippen LogP contribution in [-0.2, 0) is 5.41 Å². The van der Waals surface area contributed by atoms with Crippen LogP contribution in [-0.4, -0.2) is 0 Å². The van der Waals surface area contributed by atoms with E-state index >= 15 is 0 Å². The second-order valence-electron chi connectivity index (χ2n) is 15.6. The molecule has 0 bridgehead atoms. The molecule has 1 aliphatic carbocycles. The molecule has 55 heavy (non-hydrogen) atoms. The van der Waals surface area contributed by atoms with Crippen molar-refractivity contribution in [2.24, 2.45) is 0 Å². The smallest absolute Gasteiger partial charge is 0.0159 e. The maximum atomic E-state index is 2.48. The van der Waals surface area contributed by atoms with Crippen LogP contribution in [0.25, 0.3) is 98.7 Å². The number of benzene rings is 10. The quantitative estimate of drug-likeness (QED) is 0.161. The van der Waals surface area contributed by atoms with Crippen LogP contribution in [0.2, 0.25) is 0 Å². The van der Waals surface area contributed by atoms with E-state index in [0.29, 0.717) is 0 Å². The van der Waals surface area contributed by atoms with Crippen molar-refractivity contribution in [1.82, 2.24) is 0 Å². The van der Waals surface area contributed by atoms with Gasteiger partial charge in [-0.25, -0.2) is 0 Å². The molecule has 0 heterocycles. The Labute approximate surface area is 322 Å². The van der Waals surface area contributed by atoms with Crippen LogP contribution in [0.4, 0.5) is 0 Å². The predicted molar refractivity (Wildman–Crippen MR) is 236 cm³/mol. The zero-order valence-corrected chi connectivity index (χ0v) is 31.0. The fourth-order valence-corrected chi connectivity index (χ4v) is 9.67. The van der Waals surface area contributed by atoms with Crippen molar-refractivity contribution in [3.8, 4) is 55.6 Å². The maximum absolute atomic E-state index is 2.48. The van der Waals surface area contributed by atoms with Gasteiger partial charge in [0.15, 0.2) is 0 Å². The van der Waals surface area contributed by atoms with Gasteiger partial charge in [0.2, 0.25) is 0 Å². The van der Waals surface area contributed by atoms with Gasteiger partial charge in [0.05, 0.1) is 0 Å². The molecule has 0 N–H and O–H groups in total. The van der Waals surface area contributed by atoms with Gasteiger partial charge in [-0.2, -0.15) is 0 Å². The van der Waals surface area contributed by atoms with Gasteiger partial charge in [0.1, 0.15) is 0 Å². The minimum absolute atomic E-state index is 0.0999. The Bertz CT molecular complexity index is 3160. The Morgan fingerprint density at radius 2 is 0.800 bits per heavy atom. The van der Waals surface area contributed by atoms with Gasteiger partial charge in [-0.1, -0.05) is 190 Å². The van der Waals surface area contributed by atoms with Crippen molar-refractivity contribution in [3.63, 3.8) is 0 Å². The molecule has 0 amide bonds. The molecule has 0 radical (unpaired) electrons. The monoisotopic (exact) mass is 698 g/mol. The van der Waals surface area contributed by atoms with E-state index < -0.39 is 0 Å². The van der Waals surface area contributed by atoms with Crippen molar-refractivity contribution in [3.05, 3.63) is 205 Å². The summed E-state index contributed by atoms with van der Waals surface area (Å²) in [6.45, 7) is 4.76. The van der Waals surface area contributed by atoms with E-state index in [4.69, 9.17) is 0 Å². The second-order valence-corrected chi connectivity index (χ2v) is 15.6. The third-order valence-electron chi connectivity index (χ3n) is 12.2. The molecule has 0 fully saturated rings. The van der Waals surface area contributed by atoms with E-state index in [-0.39, 0.29) is 5.41 Å². The van der Waals surface area contributed by atoms with Crippen LogP contribution in [0.1, 0.15) is 25.0 Å². The summed E-state index contributed by atoms with van der Waals surface area (Å²) in [7, 11) is 0. The first-order chi connectivity index (χ1) is 27.1. The standard InChI is InChI=1S/C55H38/c1-55(2)50-28-13-12-25-45(50)54-46(27-15-29-51(54)55)53-43-24-11-10-23-42(43)52(49-33-38-20-7-6-19-37(38)32-47(49)36-16-4-3-5-17-36)44-31-30-39(34-48(44)53)41-26-14-21-35-18-8-9-22-40(35)41/h3-34H,1-2H3. The molecule has 0 unspecified atom stereocenters. The molecule has 0 atom stereocenters. The van der Waals surface area contributed by atoms with Crippen LogP contribution in [0.3, 0.4) is 0 Å². The van der Waals surface area contributed by atoms with Crippen molar-refractivity contribution >= 4 is 43.1 Å². The number of hydrogen-bond acceptors (Lipinski definition) is 0. The van der Waals surface area contributed by atoms with Gasteiger partial charge in [-0.05, 0) is 128 Å². The highest BCUT2D eigenvalue weighted by Gasteiger charge is 2.37. The topological polar surface area (TPSA) is 0 Å². The van der Waals surface area contributed by atoms with Crippen LogP contribution < -0.4 is 0 Å². The van der Waals surface area contributed by atoms with Gasteiger partial charge in [0.25, 0.3) is 0 Å². The van der Waals surface area contributed by atoms with E-state index in [1.165, 1.54) is 110 Å². The van der Waals surface area contributed by atoms with Crippen molar-refractivity contribution in [2.45, 2.75) is 19.3 Å². The number of fused-ring (bicyclic) bond motifs is 7. The van der Waals surface area contributed by atoms with Gasteiger partial charge in [-0.15, -0.1) is 0 Å². The third-order valence-corrected chi connectivity index (χ3v) is 12.2. The lowest BCUT2D eigenvalue weighted by Crippen LogP contribution is -2.14. The summed E-state index contributed by atoms with van der Waals surface area (Å²) >= 11 is 0. The first-order valence-electron chi connectivity index (χ1n) is 19.4. The largest absolute Gasteiger partial charge is 0.0622 e. The van der Waals surface area contributed by atoms with E-state index in [1.807, 2.05) is 0 Å². The Balaban J connectivity index is 1.32. The number of hydrogen-bond donors (Lipinski definition) is 0. The molecule has 10 aromatic rings. The minimum atomic E-state index is -0.0999. The van der Waals surface area contributed by atoms with Crippen LogP contribution in [0.5, 0.6) is 0 Å². The highest BCUT2D eigenvalue weighted by Crippen LogP contribution is 2.55. The lowest BCUT2D eigenvalue weighted by Gasteiger charge is -2.23. The Morgan fingerprint density at radius 1 is 0.273 bits per heavy atom. The summed E-state index contributed by atoms with van der Waals surface area (Å²) in [4.78, 5) is 0. The molecular formula is C55H38. The third kappa shape index (κ3) is 4.78. The van der Waals surface area contributed by atoms with Gasteiger partial charge >= 0.3 is 0 Å². The average Bonchev–Trinajstić information content (AvgIpc) is 3.48.